The van der Waals surface area contributed by atoms with E-state index >= 15 is 0 Å². The minimum absolute atomic E-state index is 0.891. The first-order chi connectivity index (χ1) is 10.8. The summed E-state index contributed by atoms with van der Waals surface area (Å²) in [6.45, 7) is 6.98. The topological polar surface area (TPSA) is 0 Å². The van der Waals surface area contributed by atoms with Crippen LogP contribution in [-0.4, -0.2) is 0 Å². The maximum atomic E-state index is 2.37. The van der Waals surface area contributed by atoms with Crippen molar-refractivity contribution >= 4 is 32.1 Å². The lowest BCUT2D eigenvalue weighted by Crippen LogP contribution is -2.04. The normalized spacial score (nSPS) is 13.0. The molecule has 0 saturated heterocycles. The van der Waals surface area contributed by atoms with Crippen molar-refractivity contribution in [3.63, 3.8) is 0 Å². The van der Waals surface area contributed by atoms with Gasteiger partial charge in [0.1, 0.15) is 0 Å². The summed E-state index contributed by atoms with van der Waals surface area (Å²) in [6, 6.07) is 2.33. The molecule has 2 heteroatoms. The van der Waals surface area contributed by atoms with Crippen LogP contribution in [-0.2, 0) is 12.8 Å². The van der Waals surface area contributed by atoms with Crippen LogP contribution in [0.1, 0.15) is 82.6 Å². The first-order valence-electron chi connectivity index (χ1n) is 9.27. The molecule has 0 aliphatic carbocycles. The molecule has 124 valence electrons. The summed E-state index contributed by atoms with van der Waals surface area (Å²) >= 11 is 4.04. The largest absolute Gasteiger partial charge is 0.143 e. The summed E-state index contributed by atoms with van der Waals surface area (Å²) in [5.74, 6) is 0.891. The molecule has 22 heavy (non-hydrogen) atoms. The quantitative estimate of drug-likeness (QED) is 0.366. The summed E-state index contributed by atoms with van der Waals surface area (Å²) in [5, 5.41) is 2.27. The second kappa shape index (κ2) is 9.72. The summed E-state index contributed by atoms with van der Waals surface area (Å²) in [6.07, 6.45) is 13.6. The zero-order valence-electron chi connectivity index (χ0n) is 14.6. The Bertz CT molecular complexity index is 535. The molecule has 0 aliphatic rings. The smallest absolute Gasteiger partial charge is 0.0485 e. The Labute approximate surface area is 145 Å². The number of hydrogen-bond acceptors (Lipinski definition) is 2. The number of unbranched alkanes of at least 4 members (excludes halogenated alkanes) is 4. The lowest BCUT2D eigenvalue weighted by Gasteiger charge is -2.14. The number of hydrogen-bond donors (Lipinski definition) is 0. The van der Waals surface area contributed by atoms with Crippen molar-refractivity contribution in [2.45, 2.75) is 85.0 Å². The third kappa shape index (κ3) is 4.83. The van der Waals surface area contributed by atoms with E-state index in [0.29, 0.717) is 0 Å². The Hall–Kier alpha value is -0.340. The maximum Gasteiger partial charge on any atom is 0.0485 e. The molecular formula is C20H32S2. The zero-order chi connectivity index (χ0) is 15.8. The summed E-state index contributed by atoms with van der Waals surface area (Å²) in [5.41, 5.74) is 1.71. The van der Waals surface area contributed by atoms with Gasteiger partial charge < -0.3 is 0 Å². The average molecular weight is 337 g/mol. The lowest BCUT2D eigenvalue weighted by molar-refractivity contribution is 0.451. The number of aryl methyl sites for hydroxylation is 1. The Morgan fingerprint density at radius 2 is 1.82 bits per heavy atom. The van der Waals surface area contributed by atoms with Crippen LogP contribution in [0.3, 0.4) is 0 Å². The predicted octanol–water partition coefficient (Wildman–Crippen LogP) is 7.84. The van der Waals surface area contributed by atoms with Gasteiger partial charge in [0.05, 0.1) is 0 Å². The first-order valence-corrected chi connectivity index (χ1v) is 11.0. The molecule has 0 bridgehead atoms. The van der Waals surface area contributed by atoms with Gasteiger partial charge in [-0.2, -0.15) is 0 Å². The molecule has 1 atom stereocenters. The van der Waals surface area contributed by atoms with Crippen molar-refractivity contribution < 1.29 is 0 Å². The van der Waals surface area contributed by atoms with Gasteiger partial charge in [0, 0.05) is 14.3 Å². The molecule has 0 N–H and O–H groups in total. The highest BCUT2D eigenvalue weighted by Crippen LogP contribution is 2.38. The van der Waals surface area contributed by atoms with Gasteiger partial charge in [-0.3, -0.25) is 0 Å². The molecule has 2 aromatic rings. The Morgan fingerprint density at radius 3 is 2.55 bits per heavy atom. The van der Waals surface area contributed by atoms with Crippen LogP contribution in [0.4, 0.5) is 0 Å². The van der Waals surface area contributed by atoms with Gasteiger partial charge in [0.2, 0.25) is 0 Å². The Balaban J connectivity index is 2.08. The van der Waals surface area contributed by atoms with Crippen molar-refractivity contribution in [1.29, 1.82) is 0 Å². The average Bonchev–Trinajstić information content (AvgIpc) is 3.09. The summed E-state index contributed by atoms with van der Waals surface area (Å²) in [4.78, 5) is 1.71. The van der Waals surface area contributed by atoms with Crippen molar-refractivity contribution in [3.8, 4) is 0 Å². The van der Waals surface area contributed by atoms with E-state index in [1.54, 1.807) is 15.1 Å². The van der Waals surface area contributed by atoms with Gasteiger partial charge in [0.15, 0.2) is 0 Å². The van der Waals surface area contributed by atoms with Crippen LogP contribution >= 0.6 is 22.7 Å². The van der Waals surface area contributed by atoms with E-state index in [4.69, 9.17) is 0 Å². The standard InChI is InChI=1S/C20H32S2/c1-4-7-9-10-12-17-19(15-16(6-3)11-8-5-2)22-18-13-14-21-20(17)18/h13-14,16H,4-12,15H2,1-3H3. The van der Waals surface area contributed by atoms with Gasteiger partial charge in [-0.15, -0.1) is 22.7 Å². The Morgan fingerprint density at radius 1 is 1.00 bits per heavy atom. The first kappa shape index (κ1) is 18.0. The van der Waals surface area contributed by atoms with E-state index in [-0.39, 0.29) is 0 Å². The molecular weight excluding hydrogens is 304 g/mol. The molecule has 0 amide bonds. The summed E-state index contributed by atoms with van der Waals surface area (Å²) < 4.78 is 3.14. The SMILES string of the molecule is CCCCCCc1c(CC(CC)CCCC)sc2ccsc12. The molecule has 0 aromatic carbocycles. The van der Waals surface area contributed by atoms with E-state index in [2.05, 4.69) is 43.6 Å². The Kier molecular flexibility index (Phi) is 7.96. The van der Waals surface area contributed by atoms with Crippen LogP contribution in [0.15, 0.2) is 11.4 Å². The van der Waals surface area contributed by atoms with Gasteiger partial charge in [-0.25, -0.2) is 0 Å². The number of rotatable bonds is 11. The van der Waals surface area contributed by atoms with E-state index < -0.39 is 0 Å². The maximum absolute atomic E-state index is 2.37. The molecule has 2 heterocycles. The third-order valence-electron chi connectivity index (χ3n) is 4.77. The van der Waals surface area contributed by atoms with Gasteiger partial charge >= 0.3 is 0 Å². The molecule has 0 spiro atoms. The van der Waals surface area contributed by atoms with Crippen molar-refractivity contribution in [1.82, 2.24) is 0 Å². The molecule has 0 fully saturated rings. The number of fused-ring (bicyclic) bond motifs is 1. The van der Waals surface area contributed by atoms with E-state index in [1.807, 2.05) is 11.3 Å². The highest BCUT2D eigenvalue weighted by molar-refractivity contribution is 7.27. The van der Waals surface area contributed by atoms with Crippen LogP contribution in [0.25, 0.3) is 9.40 Å². The molecule has 0 saturated carbocycles. The monoisotopic (exact) mass is 336 g/mol. The van der Waals surface area contributed by atoms with E-state index in [1.165, 1.54) is 68.9 Å². The van der Waals surface area contributed by atoms with E-state index in [9.17, 15) is 0 Å². The second-order valence-corrected chi connectivity index (χ2v) is 8.60. The third-order valence-corrected chi connectivity index (χ3v) is 7.09. The number of thiophene rings is 2. The minimum atomic E-state index is 0.891. The fourth-order valence-electron chi connectivity index (χ4n) is 3.27. The fraction of sp³-hybridized carbons (Fsp3) is 0.700. The molecule has 0 nitrogen and oxygen atoms in total. The van der Waals surface area contributed by atoms with Gasteiger partial charge in [0.25, 0.3) is 0 Å². The molecule has 2 rings (SSSR count). The van der Waals surface area contributed by atoms with E-state index in [0.717, 1.165) is 5.92 Å². The lowest BCUT2D eigenvalue weighted by atomic mass is 9.93. The molecule has 0 aliphatic heterocycles. The van der Waals surface area contributed by atoms with Gasteiger partial charge in [-0.05, 0) is 42.2 Å². The minimum Gasteiger partial charge on any atom is -0.143 e. The zero-order valence-corrected chi connectivity index (χ0v) is 16.3. The fourth-order valence-corrected chi connectivity index (χ4v) is 5.85. The molecule has 2 aromatic heterocycles. The van der Waals surface area contributed by atoms with Crippen LogP contribution < -0.4 is 0 Å². The van der Waals surface area contributed by atoms with Gasteiger partial charge in [-0.1, -0.05) is 65.7 Å². The van der Waals surface area contributed by atoms with Crippen LogP contribution in [0, 0.1) is 5.92 Å². The highest BCUT2D eigenvalue weighted by Gasteiger charge is 2.16. The second-order valence-electron chi connectivity index (χ2n) is 6.55. The molecule has 1 unspecified atom stereocenters. The predicted molar refractivity (Wildman–Crippen MR) is 105 cm³/mol. The van der Waals surface area contributed by atoms with Crippen molar-refractivity contribution in [2.75, 3.05) is 0 Å². The van der Waals surface area contributed by atoms with Crippen LogP contribution in [0.2, 0.25) is 0 Å². The summed E-state index contributed by atoms with van der Waals surface area (Å²) in [7, 11) is 0. The highest BCUT2D eigenvalue weighted by atomic mass is 32.1. The molecule has 0 radical (unpaired) electrons. The van der Waals surface area contributed by atoms with Crippen molar-refractivity contribution in [3.05, 3.63) is 21.9 Å². The van der Waals surface area contributed by atoms with Crippen LogP contribution in [0.5, 0.6) is 0 Å². The van der Waals surface area contributed by atoms with Crippen molar-refractivity contribution in [2.24, 2.45) is 5.92 Å².